The Balaban J connectivity index is 2.37. The lowest BCUT2D eigenvalue weighted by Crippen LogP contribution is -2.22. The fourth-order valence-corrected chi connectivity index (χ4v) is 1.82. The van der Waals surface area contributed by atoms with Gasteiger partial charge in [-0.2, -0.15) is 5.10 Å². The highest BCUT2D eigenvalue weighted by atomic mass is 15.3. The van der Waals surface area contributed by atoms with Gasteiger partial charge in [0.1, 0.15) is 0 Å². The molecule has 0 amide bonds. The Kier molecular flexibility index (Phi) is 2.41. The molecule has 0 heterocycles. The molecule has 78 valence electrons. The number of hydrogen-bond donors (Lipinski definition) is 2. The molecule has 15 heavy (non-hydrogen) atoms. The SMILES string of the molecule is Cc1ccc2c(c1)CC/C2=N/N=C(N)N. The minimum atomic E-state index is 0.00283. The van der Waals surface area contributed by atoms with E-state index in [1.165, 1.54) is 16.7 Å². The van der Waals surface area contributed by atoms with Crippen LogP contribution in [-0.2, 0) is 6.42 Å². The van der Waals surface area contributed by atoms with Gasteiger partial charge in [-0.05, 0) is 25.3 Å². The highest BCUT2D eigenvalue weighted by Gasteiger charge is 2.17. The van der Waals surface area contributed by atoms with E-state index in [4.69, 9.17) is 11.5 Å². The lowest BCUT2D eigenvalue weighted by atomic mass is 10.1. The lowest BCUT2D eigenvalue weighted by molar-refractivity contribution is 1.07. The van der Waals surface area contributed by atoms with Gasteiger partial charge in [-0.25, -0.2) is 0 Å². The Labute approximate surface area is 88.7 Å². The van der Waals surface area contributed by atoms with Crippen molar-refractivity contribution >= 4 is 11.7 Å². The summed E-state index contributed by atoms with van der Waals surface area (Å²) in [6.07, 6.45) is 1.94. The van der Waals surface area contributed by atoms with Crippen LogP contribution in [-0.4, -0.2) is 11.7 Å². The monoisotopic (exact) mass is 202 g/mol. The molecule has 0 aromatic heterocycles. The van der Waals surface area contributed by atoms with Crippen LogP contribution in [0.25, 0.3) is 0 Å². The molecule has 0 unspecified atom stereocenters. The van der Waals surface area contributed by atoms with Crippen molar-refractivity contribution in [1.82, 2.24) is 0 Å². The van der Waals surface area contributed by atoms with E-state index in [9.17, 15) is 0 Å². The predicted molar refractivity (Wildman–Crippen MR) is 61.8 cm³/mol. The van der Waals surface area contributed by atoms with Crippen molar-refractivity contribution in [3.63, 3.8) is 0 Å². The molecule has 1 aromatic carbocycles. The van der Waals surface area contributed by atoms with E-state index < -0.39 is 0 Å². The zero-order chi connectivity index (χ0) is 10.8. The van der Waals surface area contributed by atoms with Crippen LogP contribution in [0.15, 0.2) is 28.4 Å². The van der Waals surface area contributed by atoms with Crippen molar-refractivity contribution in [2.45, 2.75) is 19.8 Å². The number of aryl methyl sites for hydroxylation is 2. The summed E-state index contributed by atoms with van der Waals surface area (Å²) in [5.74, 6) is 0.00283. The Bertz CT molecular complexity index is 442. The highest BCUT2D eigenvalue weighted by Crippen LogP contribution is 2.23. The topological polar surface area (TPSA) is 76.8 Å². The first kappa shape index (κ1) is 9.71. The molecule has 4 heteroatoms. The molecule has 0 saturated heterocycles. The van der Waals surface area contributed by atoms with Crippen molar-refractivity contribution in [2.24, 2.45) is 21.7 Å². The molecule has 0 radical (unpaired) electrons. The summed E-state index contributed by atoms with van der Waals surface area (Å²) < 4.78 is 0. The quantitative estimate of drug-likeness (QED) is 0.403. The van der Waals surface area contributed by atoms with Crippen molar-refractivity contribution in [3.05, 3.63) is 34.9 Å². The average Bonchev–Trinajstić information content (AvgIpc) is 2.57. The van der Waals surface area contributed by atoms with E-state index in [1.807, 2.05) is 0 Å². The molecule has 0 saturated carbocycles. The van der Waals surface area contributed by atoms with E-state index in [2.05, 4.69) is 35.3 Å². The second kappa shape index (κ2) is 3.73. The van der Waals surface area contributed by atoms with Gasteiger partial charge in [0.25, 0.3) is 0 Å². The first-order valence-corrected chi connectivity index (χ1v) is 4.92. The minimum Gasteiger partial charge on any atom is -0.369 e. The van der Waals surface area contributed by atoms with Crippen LogP contribution < -0.4 is 11.5 Å². The van der Waals surface area contributed by atoms with Crippen LogP contribution in [0.3, 0.4) is 0 Å². The van der Waals surface area contributed by atoms with Crippen molar-refractivity contribution < 1.29 is 0 Å². The Morgan fingerprint density at radius 1 is 1.27 bits per heavy atom. The molecular weight excluding hydrogens is 188 g/mol. The average molecular weight is 202 g/mol. The van der Waals surface area contributed by atoms with Crippen LogP contribution in [0.1, 0.15) is 23.1 Å². The molecule has 0 spiro atoms. The zero-order valence-electron chi connectivity index (χ0n) is 8.70. The van der Waals surface area contributed by atoms with Crippen LogP contribution in [0, 0.1) is 6.92 Å². The zero-order valence-corrected chi connectivity index (χ0v) is 8.70. The molecule has 1 aromatic rings. The molecule has 0 bridgehead atoms. The van der Waals surface area contributed by atoms with Crippen molar-refractivity contribution in [2.75, 3.05) is 0 Å². The van der Waals surface area contributed by atoms with Gasteiger partial charge in [-0.3, -0.25) is 0 Å². The summed E-state index contributed by atoms with van der Waals surface area (Å²) in [5, 5.41) is 7.74. The molecule has 0 atom stereocenters. The summed E-state index contributed by atoms with van der Waals surface area (Å²) in [4.78, 5) is 0. The van der Waals surface area contributed by atoms with Gasteiger partial charge in [0.15, 0.2) is 0 Å². The molecule has 4 nitrogen and oxygen atoms in total. The van der Waals surface area contributed by atoms with Gasteiger partial charge in [0.05, 0.1) is 5.71 Å². The number of hydrogen-bond acceptors (Lipinski definition) is 2. The molecule has 4 N–H and O–H groups in total. The van der Waals surface area contributed by atoms with Gasteiger partial charge in [0.2, 0.25) is 5.96 Å². The van der Waals surface area contributed by atoms with E-state index >= 15 is 0 Å². The van der Waals surface area contributed by atoms with Crippen LogP contribution >= 0.6 is 0 Å². The van der Waals surface area contributed by atoms with Crippen molar-refractivity contribution in [3.8, 4) is 0 Å². The van der Waals surface area contributed by atoms with Crippen LogP contribution in [0.2, 0.25) is 0 Å². The Hall–Kier alpha value is -1.84. The maximum atomic E-state index is 5.24. The normalized spacial score (nSPS) is 16.5. The number of nitrogens with zero attached hydrogens (tertiary/aromatic N) is 2. The maximum absolute atomic E-state index is 5.24. The first-order valence-electron chi connectivity index (χ1n) is 4.92. The van der Waals surface area contributed by atoms with Gasteiger partial charge in [0, 0.05) is 5.56 Å². The molecule has 0 aliphatic heterocycles. The molecular formula is C11H14N4. The Morgan fingerprint density at radius 2 is 2.07 bits per heavy atom. The third kappa shape index (κ3) is 1.98. The number of guanidine groups is 1. The van der Waals surface area contributed by atoms with E-state index in [-0.39, 0.29) is 5.96 Å². The largest absolute Gasteiger partial charge is 0.369 e. The fourth-order valence-electron chi connectivity index (χ4n) is 1.82. The number of benzene rings is 1. The predicted octanol–water partition coefficient (Wildman–Crippen LogP) is 0.919. The Morgan fingerprint density at radius 3 is 2.80 bits per heavy atom. The van der Waals surface area contributed by atoms with Gasteiger partial charge >= 0.3 is 0 Å². The number of fused-ring (bicyclic) bond motifs is 1. The van der Waals surface area contributed by atoms with E-state index in [1.54, 1.807) is 0 Å². The summed E-state index contributed by atoms with van der Waals surface area (Å²) in [6, 6.07) is 6.35. The summed E-state index contributed by atoms with van der Waals surface area (Å²) in [5.41, 5.74) is 15.2. The second-order valence-corrected chi connectivity index (χ2v) is 3.73. The van der Waals surface area contributed by atoms with Gasteiger partial charge < -0.3 is 11.5 Å². The first-order chi connectivity index (χ1) is 7.16. The van der Waals surface area contributed by atoms with E-state index in [0.29, 0.717) is 0 Å². The number of rotatable bonds is 1. The van der Waals surface area contributed by atoms with Gasteiger partial charge in [-0.1, -0.05) is 23.8 Å². The third-order valence-electron chi connectivity index (χ3n) is 2.49. The summed E-state index contributed by atoms with van der Waals surface area (Å²) >= 11 is 0. The van der Waals surface area contributed by atoms with Crippen LogP contribution in [0.4, 0.5) is 0 Å². The highest BCUT2D eigenvalue weighted by molar-refractivity contribution is 6.04. The third-order valence-corrected chi connectivity index (χ3v) is 2.49. The lowest BCUT2D eigenvalue weighted by Gasteiger charge is -1.99. The summed E-state index contributed by atoms with van der Waals surface area (Å²) in [6.45, 7) is 2.09. The molecule has 1 aliphatic carbocycles. The fraction of sp³-hybridized carbons (Fsp3) is 0.273. The minimum absolute atomic E-state index is 0.00283. The van der Waals surface area contributed by atoms with E-state index in [0.717, 1.165) is 18.6 Å². The van der Waals surface area contributed by atoms with Gasteiger partial charge in [-0.15, -0.1) is 5.10 Å². The second-order valence-electron chi connectivity index (χ2n) is 3.73. The molecule has 0 fully saturated rings. The summed E-state index contributed by atoms with van der Waals surface area (Å²) in [7, 11) is 0. The van der Waals surface area contributed by atoms with Crippen LogP contribution in [0.5, 0.6) is 0 Å². The maximum Gasteiger partial charge on any atom is 0.211 e. The molecule has 2 rings (SSSR count). The van der Waals surface area contributed by atoms with Crippen molar-refractivity contribution in [1.29, 1.82) is 0 Å². The smallest absolute Gasteiger partial charge is 0.211 e. The number of nitrogens with two attached hydrogens (primary N) is 2. The standard InChI is InChI=1S/C11H14N4/c1-7-2-4-9-8(6-7)3-5-10(9)14-15-11(12)13/h2,4,6H,3,5H2,1H3,(H4,12,13,15)/b14-10-. The molecule has 1 aliphatic rings.